The van der Waals surface area contributed by atoms with Gasteiger partial charge in [0.05, 0.1) is 6.61 Å². The SMILES string of the molecule is O=P(O)(O)OP(=O)(O)O.O=c1ccn([C@@H]2O[C@H](COP(=O)(O)OP(=O)(O)OP(=O)(O)O)[C@@H](O)[C@H]2O)c(=O)[nH]1. The zero-order valence-electron chi connectivity index (χ0n) is 17.7. The number of aliphatic hydroxyl groups is 2. The van der Waals surface area contributed by atoms with Gasteiger partial charge in [-0.1, -0.05) is 0 Å². The second kappa shape index (κ2) is 12.8. The van der Waals surface area contributed by atoms with Gasteiger partial charge in [0.1, 0.15) is 18.3 Å². The number of phosphoric ester groups is 1. The Morgan fingerprint density at radius 1 is 0.789 bits per heavy atom. The Bertz CT molecular complexity index is 1300. The number of aromatic amines is 1. The average molecular weight is 662 g/mol. The summed E-state index contributed by atoms with van der Waals surface area (Å²) in [6.45, 7) is -1.05. The Labute approximate surface area is 207 Å². The quantitative estimate of drug-likeness (QED) is 0.109. The van der Waals surface area contributed by atoms with Crippen LogP contribution in [0.5, 0.6) is 0 Å². The van der Waals surface area contributed by atoms with E-state index in [1.54, 1.807) is 0 Å². The van der Waals surface area contributed by atoms with Crippen LogP contribution < -0.4 is 11.2 Å². The lowest BCUT2D eigenvalue weighted by Crippen LogP contribution is -2.37. The Hall–Kier alpha value is -0.770. The second-order valence-electron chi connectivity index (χ2n) is 6.51. The average Bonchev–Trinajstić information content (AvgIpc) is 2.89. The highest BCUT2D eigenvalue weighted by molar-refractivity contribution is 7.66. The molecule has 0 spiro atoms. The molecule has 2 rings (SSSR count). The fraction of sp³-hybridized carbons (Fsp3) is 0.556. The van der Waals surface area contributed by atoms with Crippen LogP contribution in [0.15, 0.2) is 21.9 Å². The number of nitrogens with zero attached hydrogens (tertiary/aromatic N) is 1. The van der Waals surface area contributed by atoms with Gasteiger partial charge in [0.2, 0.25) is 0 Å². The van der Waals surface area contributed by atoms with E-state index in [4.69, 9.17) is 39.0 Å². The highest BCUT2D eigenvalue weighted by atomic mass is 31.3. The molecule has 11 N–H and O–H groups in total. The first-order valence-electron chi connectivity index (χ1n) is 8.75. The molecule has 222 valence electrons. The van der Waals surface area contributed by atoms with E-state index in [1.165, 1.54) is 0 Å². The molecule has 2 unspecified atom stereocenters. The Balaban J connectivity index is 0.000000686. The van der Waals surface area contributed by atoms with Crippen molar-refractivity contribution < 1.29 is 94.4 Å². The standard InChI is InChI=1S/C9H15N2O15P3.H4O7P2/c12-5-1-2-11(9(15)10-5)8-7(14)6(13)4(24-8)3-23-28(19,20)26-29(21,22)25-27(16,17)18;1-8(2,3)7-9(4,5)6/h1-2,4,6-8,13-14H,3H2,(H,19,20)(H,21,22)(H,10,12,15)(H2,16,17,18);(H2,1,2,3)(H2,4,5,6)/t4-,6-,7-,8-;/m1./s1. The van der Waals surface area contributed by atoms with Gasteiger partial charge >= 0.3 is 44.8 Å². The maximum absolute atomic E-state index is 11.7. The maximum atomic E-state index is 11.7. The lowest BCUT2D eigenvalue weighted by atomic mass is 10.1. The Morgan fingerprint density at radius 3 is 1.71 bits per heavy atom. The van der Waals surface area contributed by atoms with Crippen LogP contribution in [0.3, 0.4) is 0 Å². The number of aromatic nitrogens is 2. The molecule has 38 heavy (non-hydrogen) atoms. The van der Waals surface area contributed by atoms with Crippen LogP contribution in [0.2, 0.25) is 0 Å². The monoisotopic (exact) mass is 662 g/mol. The molecule has 0 saturated carbocycles. The highest BCUT2D eigenvalue weighted by Crippen LogP contribution is 2.66. The van der Waals surface area contributed by atoms with E-state index in [9.17, 15) is 47.5 Å². The van der Waals surface area contributed by atoms with Gasteiger partial charge in [0.15, 0.2) is 6.23 Å². The minimum atomic E-state index is -5.73. The minimum Gasteiger partial charge on any atom is -0.387 e. The number of hydrogen-bond donors (Lipinski definition) is 11. The molecule has 2 heterocycles. The van der Waals surface area contributed by atoms with Crippen molar-refractivity contribution in [1.82, 2.24) is 9.55 Å². The van der Waals surface area contributed by atoms with Gasteiger partial charge in [-0.2, -0.15) is 12.9 Å². The molecule has 1 aliphatic heterocycles. The van der Waals surface area contributed by atoms with E-state index in [2.05, 4.69) is 17.5 Å². The van der Waals surface area contributed by atoms with E-state index in [1.807, 2.05) is 4.98 Å². The number of phosphoric acid groups is 5. The molecule has 6 atom stereocenters. The summed E-state index contributed by atoms with van der Waals surface area (Å²) in [6.07, 6.45) is -5.70. The highest BCUT2D eigenvalue weighted by Gasteiger charge is 2.46. The summed E-state index contributed by atoms with van der Waals surface area (Å²) in [5.41, 5.74) is -1.74. The first-order chi connectivity index (χ1) is 16.8. The summed E-state index contributed by atoms with van der Waals surface area (Å²) in [7, 11) is -26.9. The molecule has 1 saturated heterocycles. The van der Waals surface area contributed by atoms with Gasteiger partial charge in [-0.05, 0) is 0 Å². The molecule has 1 aromatic heterocycles. The smallest absolute Gasteiger partial charge is 0.387 e. The fourth-order valence-corrected chi connectivity index (χ4v) is 6.47. The van der Waals surface area contributed by atoms with Crippen molar-refractivity contribution in [2.75, 3.05) is 6.61 Å². The third-order valence-corrected chi connectivity index (χ3v) is 9.00. The third kappa shape index (κ3) is 13.1. The zero-order chi connectivity index (χ0) is 29.9. The molecule has 0 aromatic carbocycles. The number of nitrogens with one attached hydrogen (secondary N) is 1. The van der Waals surface area contributed by atoms with E-state index in [0.29, 0.717) is 4.57 Å². The summed E-state index contributed by atoms with van der Waals surface area (Å²) in [5, 5.41) is 19.9. The molecule has 1 aliphatic rings. The molecule has 1 fully saturated rings. The molecule has 29 heteroatoms. The summed E-state index contributed by atoms with van der Waals surface area (Å²) in [5.74, 6) is 0. The molecule has 0 aliphatic carbocycles. The van der Waals surface area contributed by atoms with Crippen molar-refractivity contribution >= 4 is 39.1 Å². The van der Waals surface area contributed by atoms with Crippen molar-refractivity contribution in [1.29, 1.82) is 0 Å². The van der Waals surface area contributed by atoms with Crippen LogP contribution >= 0.6 is 39.1 Å². The van der Waals surface area contributed by atoms with Crippen LogP contribution in [0.25, 0.3) is 0 Å². The molecule has 1 aromatic rings. The molecular weight excluding hydrogens is 643 g/mol. The summed E-state index contributed by atoms with van der Waals surface area (Å²) in [6, 6.07) is 0.920. The van der Waals surface area contributed by atoms with Crippen LogP contribution in [-0.4, -0.2) is 83.8 Å². The second-order valence-corrected chi connectivity index (χ2v) is 13.5. The molecule has 0 amide bonds. The lowest BCUT2D eigenvalue weighted by Gasteiger charge is -2.19. The van der Waals surface area contributed by atoms with Gasteiger partial charge in [-0.3, -0.25) is 18.9 Å². The Morgan fingerprint density at radius 2 is 1.29 bits per heavy atom. The minimum absolute atomic E-state index is 0.708. The van der Waals surface area contributed by atoms with E-state index in [0.717, 1.165) is 12.3 Å². The van der Waals surface area contributed by atoms with Gasteiger partial charge < -0.3 is 54.1 Å². The number of H-pyrrole nitrogens is 1. The normalized spacial score (nSPS) is 25.6. The number of hydrogen-bond acceptors (Lipinski definition) is 14. The third-order valence-electron chi connectivity index (χ3n) is 3.49. The van der Waals surface area contributed by atoms with Gasteiger partial charge in [0.25, 0.3) is 5.56 Å². The number of rotatable bonds is 10. The molecule has 0 bridgehead atoms. The number of aliphatic hydroxyl groups excluding tert-OH is 2. The first-order valence-corrected chi connectivity index (χ1v) is 16.3. The van der Waals surface area contributed by atoms with Crippen LogP contribution in [-0.2, 0) is 45.0 Å². The van der Waals surface area contributed by atoms with Crippen LogP contribution in [0.1, 0.15) is 6.23 Å². The van der Waals surface area contributed by atoms with Gasteiger partial charge in [0, 0.05) is 12.3 Å². The summed E-state index contributed by atoms with van der Waals surface area (Å²) in [4.78, 5) is 90.9. The lowest BCUT2D eigenvalue weighted by molar-refractivity contribution is -0.0542. The van der Waals surface area contributed by atoms with E-state index >= 15 is 0 Å². The summed E-state index contributed by atoms with van der Waals surface area (Å²) >= 11 is 0. The molecule has 0 radical (unpaired) electrons. The molecular formula is C9H19N2O22P5. The van der Waals surface area contributed by atoms with Gasteiger partial charge in [-0.15, -0.1) is 0 Å². The van der Waals surface area contributed by atoms with Crippen LogP contribution in [0, 0.1) is 0 Å². The van der Waals surface area contributed by atoms with Crippen molar-refractivity contribution in [3.63, 3.8) is 0 Å². The van der Waals surface area contributed by atoms with Crippen molar-refractivity contribution in [2.45, 2.75) is 24.5 Å². The first kappa shape index (κ1) is 35.3. The largest absolute Gasteiger partial charge is 0.490 e. The summed E-state index contributed by atoms with van der Waals surface area (Å²) < 4.78 is 72.8. The van der Waals surface area contributed by atoms with Crippen molar-refractivity contribution in [3.8, 4) is 0 Å². The Kier molecular flexibility index (Phi) is 11.9. The maximum Gasteiger partial charge on any atom is 0.490 e. The number of ether oxygens (including phenoxy) is 1. The fourth-order valence-electron chi connectivity index (χ4n) is 2.33. The van der Waals surface area contributed by atoms with Crippen molar-refractivity contribution in [3.05, 3.63) is 33.1 Å². The van der Waals surface area contributed by atoms with E-state index < -0.39 is 81.5 Å². The predicted octanol–water partition coefficient (Wildman–Crippen LogP) is -3.31. The van der Waals surface area contributed by atoms with Gasteiger partial charge in [-0.25, -0.2) is 27.6 Å². The predicted molar refractivity (Wildman–Crippen MR) is 112 cm³/mol. The van der Waals surface area contributed by atoms with E-state index in [-0.39, 0.29) is 0 Å². The van der Waals surface area contributed by atoms with Crippen molar-refractivity contribution in [2.24, 2.45) is 0 Å². The topological polar surface area (TPSA) is 389 Å². The zero-order valence-corrected chi connectivity index (χ0v) is 22.2. The van der Waals surface area contributed by atoms with Crippen LogP contribution in [0.4, 0.5) is 0 Å². The molecule has 24 nitrogen and oxygen atoms in total.